The third-order valence-corrected chi connectivity index (χ3v) is 7.64. The molecule has 1 atom stereocenters. The van der Waals surface area contributed by atoms with Crippen LogP contribution in [0, 0.1) is 5.92 Å². The average Bonchev–Trinajstić information content (AvgIpc) is 3.51. The lowest BCUT2D eigenvalue weighted by atomic mass is 9.88. The number of rotatable bonds is 5. The van der Waals surface area contributed by atoms with Crippen molar-refractivity contribution in [3.63, 3.8) is 0 Å². The highest BCUT2D eigenvalue weighted by atomic mass is 32.1. The van der Waals surface area contributed by atoms with Crippen molar-refractivity contribution in [1.29, 1.82) is 0 Å². The quantitative estimate of drug-likeness (QED) is 0.415. The smallest absolute Gasteiger partial charge is 0.341 e. The number of amides is 1. The highest BCUT2D eigenvalue weighted by Crippen LogP contribution is 2.40. The van der Waals surface area contributed by atoms with Crippen LogP contribution in [-0.4, -0.2) is 33.1 Å². The standard InChI is InChI=1S/C23H22N4O3S2/c1-3-30-23(29)20-14-7-6-13(2)11-18(14)32-22(20)25-21(28)15-12-19-24-9-8-16(27(19)26-15)17-5-4-10-31-17/h4-5,8-10,12-13H,3,6-7,11H2,1-2H3,(H,25,28)/t13-/m1/s1. The second-order valence-corrected chi connectivity index (χ2v) is 9.89. The van der Waals surface area contributed by atoms with E-state index in [1.54, 1.807) is 35.0 Å². The molecule has 0 radical (unpaired) electrons. The summed E-state index contributed by atoms with van der Waals surface area (Å²) in [7, 11) is 0. The maximum absolute atomic E-state index is 13.1. The van der Waals surface area contributed by atoms with Crippen molar-refractivity contribution in [2.45, 2.75) is 33.1 Å². The predicted molar refractivity (Wildman–Crippen MR) is 126 cm³/mol. The molecule has 0 saturated carbocycles. The Balaban J connectivity index is 1.50. The van der Waals surface area contributed by atoms with Gasteiger partial charge in [0.15, 0.2) is 11.3 Å². The fourth-order valence-corrected chi connectivity index (χ4v) is 6.17. The molecule has 4 heterocycles. The Hall–Kier alpha value is -3.04. The summed E-state index contributed by atoms with van der Waals surface area (Å²) in [5.41, 5.74) is 3.21. The van der Waals surface area contributed by atoms with Gasteiger partial charge in [-0.3, -0.25) is 4.79 Å². The Bertz CT molecular complexity index is 1310. The number of esters is 1. The lowest BCUT2D eigenvalue weighted by Gasteiger charge is -2.18. The largest absolute Gasteiger partial charge is 0.462 e. The van der Waals surface area contributed by atoms with E-state index < -0.39 is 0 Å². The fourth-order valence-electron chi connectivity index (χ4n) is 4.04. The molecule has 1 N–H and O–H groups in total. The summed E-state index contributed by atoms with van der Waals surface area (Å²) >= 11 is 3.07. The minimum absolute atomic E-state index is 0.246. The molecule has 9 heteroatoms. The minimum Gasteiger partial charge on any atom is -0.462 e. The van der Waals surface area contributed by atoms with Crippen molar-refractivity contribution >= 4 is 45.2 Å². The van der Waals surface area contributed by atoms with E-state index in [0.29, 0.717) is 22.1 Å². The molecular weight excluding hydrogens is 444 g/mol. The van der Waals surface area contributed by atoms with Crippen molar-refractivity contribution in [3.05, 3.63) is 57.5 Å². The maximum Gasteiger partial charge on any atom is 0.341 e. The zero-order chi connectivity index (χ0) is 22.2. The Morgan fingerprint density at radius 2 is 2.22 bits per heavy atom. The molecule has 0 fully saturated rings. The van der Waals surface area contributed by atoms with Crippen molar-refractivity contribution < 1.29 is 14.3 Å². The summed E-state index contributed by atoms with van der Waals surface area (Å²) in [4.78, 5) is 32.4. The SMILES string of the molecule is CCOC(=O)c1c(NC(=O)c2cc3nccc(-c4cccs4)n3n2)sc2c1CC[C@@H](C)C2. The van der Waals surface area contributed by atoms with Crippen LogP contribution in [0.2, 0.25) is 0 Å². The molecule has 0 unspecified atom stereocenters. The number of carbonyl (C=O) groups excluding carboxylic acids is 2. The third-order valence-electron chi connectivity index (χ3n) is 5.58. The number of hydrogen-bond acceptors (Lipinski definition) is 7. The highest BCUT2D eigenvalue weighted by molar-refractivity contribution is 7.17. The summed E-state index contributed by atoms with van der Waals surface area (Å²) in [6.45, 7) is 4.28. The first-order valence-corrected chi connectivity index (χ1v) is 12.3. The molecule has 0 saturated heterocycles. The van der Waals surface area contributed by atoms with Crippen molar-refractivity contribution in [2.75, 3.05) is 11.9 Å². The number of carbonyl (C=O) groups is 2. The highest BCUT2D eigenvalue weighted by Gasteiger charge is 2.29. The molecular formula is C23H22N4O3S2. The van der Waals surface area contributed by atoms with Crippen LogP contribution in [0.25, 0.3) is 16.2 Å². The van der Waals surface area contributed by atoms with E-state index in [4.69, 9.17) is 4.74 Å². The van der Waals surface area contributed by atoms with Gasteiger partial charge in [0.05, 0.1) is 22.7 Å². The van der Waals surface area contributed by atoms with Crippen LogP contribution < -0.4 is 5.32 Å². The molecule has 1 aliphatic carbocycles. The van der Waals surface area contributed by atoms with Crippen LogP contribution in [0.5, 0.6) is 0 Å². The Kier molecular flexibility index (Phi) is 5.52. The van der Waals surface area contributed by atoms with E-state index in [2.05, 4.69) is 22.3 Å². The molecule has 0 spiro atoms. The number of anilines is 1. The topological polar surface area (TPSA) is 85.6 Å². The van der Waals surface area contributed by atoms with Gasteiger partial charge in [0.2, 0.25) is 0 Å². The van der Waals surface area contributed by atoms with Gasteiger partial charge in [-0.2, -0.15) is 5.10 Å². The van der Waals surface area contributed by atoms with Crippen LogP contribution in [-0.2, 0) is 17.6 Å². The molecule has 4 aromatic heterocycles. The number of fused-ring (bicyclic) bond motifs is 2. The normalized spacial score (nSPS) is 15.5. The van der Waals surface area contributed by atoms with E-state index in [9.17, 15) is 9.59 Å². The lowest BCUT2D eigenvalue weighted by Crippen LogP contribution is -2.17. The second kappa shape index (κ2) is 8.48. The van der Waals surface area contributed by atoms with Gasteiger partial charge >= 0.3 is 5.97 Å². The zero-order valence-corrected chi connectivity index (χ0v) is 19.4. The molecule has 0 aliphatic heterocycles. The number of nitrogens with one attached hydrogen (secondary N) is 1. The van der Waals surface area contributed by atoms with E-state index in [1.165, 1.54) is 11.3 Å². The van der Waals surface area contributed by atoms with Crippen molar-refractivity contribution in [2.24, 2.45) is 5.92 Å². The maximum atomic E-state index is 13.1. The van der Waals surface area contributed by atoms with E-state index in [0.717, 1.165) is 40.3 Å². The van der Waals surface area contributed by atoms with Gasteiger partial charge < -0.3 is 10.1 Å². The minimum atomic E-state index is -0.383. The molecule has 5 rings (SSSR count). The van der Waals surface area contributed by atoms with Gasteiger partial charge in [0, 0.05) is 17.1 Å². The van der Waals surface area contributed by atoms with Crippen molar-refractivity contribution in [3.8, 4) is 10.6 Å². The number of hydrogen-bond donors (Lipinski definition) is 1. The summed E-state index contributed by atoms with van der Waals surface area (Å²) in [5, 5.41) is 9.97. The van der Waals surface area contributed by atoms with Gasteiger partial charge in [-0.1, -0.05) is 13.0 Å². The van der Waals surface area contributed by atoms with Crippen molar-refractivity contribution in [1.82, 2.24) is 14.6 Å². The van der Waals surface area contributed by atoms with Gasteiger partial charge in [-0.25, -0.2) is 14.3 Å². The molecule has 1 amide bonds. The number of aromatic nitrogens is 3. The fraction of sp³-hybridized carbons (Fsp3) is 0.304. The molecule has 0 aromatic carbocycles. The Morgan fingerprint density at radius 1 is 1.34 bits per heavy atom. The summed E-state index contributed by atoms with van der Waals surface area (Å²) in [6, 6.07) is 7.51. The van der Waals surface area contributed by atoms with Crippen LogP contribution >= 0.6 is 22.7 Å². The molecule has 32 heavy (non-hydrogen) atoms. The van der Waals surface area contributed by atoms with E-state index in [-0.39, 0.29) is 24.2 Å². The Morgan fingerprint density at radius 3 is 3.00 bits per heavy atom. The van der Waals surface area contributed by atoms with Gasteiger partial charge in [0.1, 0.15) is 5.00 Å². The molecule has 7 nitrogen and oxygen atoms in total. The first-order valence-electron chi connectivity index (χ1n) is 10.6. The Labute approximate surface area is 193 Å². The number of thiophene rings is 2. The average molecular weight is 467 g/mol. The first kappa shape index (κ1) is 20.8. The number of nitrogens with zero attached hydrogens (tertiary/aromatic N) is 3. The first-order chi connectivity index (χ1) is 15.5. The zero-order valence-electron chi connectivity index (χ0n) is 17.8. The van der Waals surface area contributed by atoms with E-state index in [1.807, 2.05) is 23.6 Å². The van der Waals surface area contributed by atoms with Crippen LogP contribution in [0.4, 0.5) is 5.00 Å². The monoisotopic (exact) mass is 466 g/mol. The third kappa shape index (κ3) is 3.71. The summed E-state index contributed by atoms with van der Waals surface area (Å²) in [5.74, 6) is -0.198. The lowest BCUT2D eigenvalue weighted by molar-refractivity contribution is 0.0526. The summed E-state index contributed by atoms with van der Waals surface area (Å²) in [6.07, 6.45) is 4.46. The molecule has 4 aromatic rings. The van der Waals surface area contributed by atoms with Crippen LogP contribution in [0.3, 0.4) is 0 Å². The van der Waals surface area contributed by atoms with Crippen LogP contribution in [0.1, 0.15) is 51.6 Å². The molecule has 1 aliphatic rings. The van der Waals surface area contributed by atoms with Gasteiger partial charge in [0.25, 0.3) is 5.91 Å². The van der Waals surface area contributed by atoms with Crippen LogP contribution in [0.15, 0.2) is 35.8 Å². The van der Waals surface area contributed by atoms with Gasteiger partial charge in [-0.05, 0) is 55.2 Å². The second-order valence-electron chi connectivity index (χ2n) is 7.84. The number of ether oxygens (including phenoxy) is 1. The van der Waals surface area contributed by atoms with E-state index >= 15 is 0 Å². The molecule has 0 bridgehead atoms. The van der Waals surface area contributed by atoms with Gasteiger partial charge in [-0.15, -0.1) is 22.7 Å². The predicted octanol–water partition coefficient (Wildman–Crippen LogP) is 5.07. The molecule has 164 valence electrons. The summed E-state index contributed by atoms with van der Waals surface area (Å²) < 4.78 is 6.97.